The highest BCUT2D eigenvalue weighted by Crippen LogP contribution is 2.44. The van der Waals surface area contributed by atoms with Gasteiger partial charge in [-0.3, -0.25) is 0 Å². The summed E-state index contributed by atoms with van der Waals surface area (Å²) in [5.41, 5.74) is 0.549. The van der Waals surface area contributed by atoms with Gasteiger partial charge in [0.25, 0.3) is 0 Å². The van der Waals surface area contributed by atoms with Crippen LogP contribution in [0.2, 0.25) is 0 Å². The Morgan fingerprint density at radius 3 is 2.61 bits per heavy atom. The van der Waals surface area contributed by atoms with Gasteiger partial charge in [-0.2, -0.15) is 0 Å². The van der Waals surface area contributed by atoms with E-state index in [1.807, 2.05) is 18.2 Å². The predicted octanol–water partition coefficient (Wildman–Crippen LogP) is 4.50. The van der Waals surface area contributed by atoms with Crippen molar-refractivity contribution in [2.45, 2.75) is 58.0 Å². The van der Waals surface area contributed by atoms with E-state index in [0.717, 1.165) is 30.7 Å². The summed E-state index contributed by atoms with van der Waals surface area (Å²) in [7, 11) is 0. The van der Waals surface area contributed by atoms with Gasteiger partial charge in [-0.1, -0.05) is 63.4 Å². The summed E-state index contributed by atoms with van der Waals surface area (Å²) in [6.07, 6.45) is 6.92. The molecule has 0 spiro atoms. The Balaban J connectivity index is 2.15. The van der Waals surface area contributed by atoms with Gasteiger partial charge >= 0.3 is 0 Å². The van der Waals surface area contributed by atoms with Crippen LogP contribution in [-0.4, -0.2) is 5.11 Å². The molecule has 18 heavy (non-hydrogen) atoms. The van der Waals surface area contributed by atoms with Gasteiger partial charge < -0.3 is 5.11 Å². The summed E-state index contributed by atoms with van der Waals surface area (Å²) in [6, 6.07) is 10.3. The minimum Gasteiger partial charge on any atom is -0.385 e. The molecular weight excluding hydrogens is 220 g/mol. The van der Waals surface area contributed by atoms with Crippen LogP contribution in [0.15, 0.2) is 30.3 Å². The van der Waals surface area contributed by atoms with E-state index in [1.54, 1.807) is 0 Å². The van der Waals surface area contributed by atoms with Gasteiger partial charge in [0.15, 0.2) is 0 Å². The van der Waals surface area contributed by atoms with Gasteiger partial charge in [0.1, 0.15) is 0 Å². The molecule has 0 radical (unpaired) electrons. The monoisotopic (exact) mass is 246 g/mol. The highest BCUT2D eigenvalue weighted by molar-refractivity contribution is 5.23. The Hall–Kier alpha value is -0.820. The Bertz CT molecular complexity index is 357. The molecule has 0 amide bonds. The van der Waals surface area contributed by atoms with Crippen molar-refractivity contribution in [1.29, 1.82) is 0 Å². The van der Waals surface area contributed by atoms with Crippen LogP contribution in [0.1, 0.15) is 57.9 Å². The second kappa shape index (κ2) is 5.88. The van der Waals surface area contributed by atoms with Crippen LogP contribution in [0.5, 0.6) is 0 Å². The normalized spacial score (nSPS) is 28.6. The number of aliphatic hydroxyl groups is 1. The molecule has 2 atom stereocenters. The zero-order valence-corrected chi connectivity index (χ0v) is 11.7. The van der Waals surface area contributed by atoms with E-state index < -0.39 is 5.60 Å². The Kier molecular flexibility index (Phi) is 4.45. The molecule has 1 aliphatic rings. The standard InChI is InChI=1S/C17H26O/c1-14(2)11-12-16-10-6-7-13-17(16,18)15-8-4-3-5-9-15/h3-5,8-9,14,16,18H,6-7,10-13H2,1-2H3. The van der Waals surface area contributed by atoms with Crippen molar-refractivity contribution < 1.29 is 5.11 Å². The average Bonchev–Trinajstić information content (AvgIpc) is 2.39. The third kappa shape index (κ3) is 2.95. The molecule has 0 aliphatic heterocycles. The second-order valence-electron chi connectivity index (χ2n) is 6.20. The maximum absolute atomic E-state index is 11.1. The van der Waals surface area contributed by atoms with Crippen molar-refractivity contribution >= 4 is 0 Å². The molecule has 1 nitrogen and oxygen atoms in total. The molecule has 2 rings (SSSR count). The average molecular weight is 246 g/mol. The molecule has 1 fully saturated rings. The molecule has 1 aromatic carbocycles. The lowest BCUT2D eigenvalue weighted by atomic mass is 9.69. The summed E-state index contributed by atoms with van der Waals surface area (Å²) in [4.78, 5) is 0. The van der Waals surface area contributed by atoms with Gasteiger partial charge in [0.2, 0.25) is 0 Å². The first-order valence-corrected chi connectivity index (χ1v) is 7.41. The quantitative estimate of drug-likeness (QED) is 0.829. The van der Waals surface area contributed by atoms with E-state index in [-0.39, 0.29) is 0 Å². The maximum Gasteiger partial charge on any atom is 0.0924 e. The lowest BCUT2D eigenvalue weighted by molar-refractivity contribution is -0.0590. The number of hydrogen-bond donors (Lipinski definition) is 1. The molecule has 1 aliphatic carbocycles. The molecule has 1 N–H and O–H groups in total. The van der Waals surface area contributed by atoms with Crippen molar-refractivity contribution in [2.75, 3.05) is 0 Å². The predicted molar refractivity (Wildman–Crippen MR) is 76.4 cm³/mol. The lowest BCUT2D eigenvalue weighted by Gasteiger charge is -2.41. The second-order valence-corrected chi connectivity index (χ2v) is 6.20. The van der Waals surface area contributed by atoms with Crippen molar-refractivity contribution in [3.63, 3.8) is 0 Å². The molecule has 1 saturated carbocycles. The van der Waals surface area contributed by atoms with E-state index in [2.05, 4.69) is 26.0 Å². The van der Waals surface area contributed by atoms with Crippen molar-refractivity contribution in [3.05, 3.63) is 35.9 Å². The molecule has 1 heteroatoms. The maximum atomic E-state index is 11.1. The molecule has 100 valence electrons. The Labute approximate surface area is 111 Å². The number of hydrogen-bond acceptors (Lipinski definition) is 1. The van der Waals surface area contributed by atoms with Crippen LogP contribution >= 0.6 is 0 Å². The van der Waals surface area contributed by atoms with Crippen LogP contribution in [0, 0.1) is 11.8 Å². The van der Waals surface area contributed by atoms with E-state index in [9.17, 15) is 5.11 Å². The molecule has 0 heterocycles. The van der Waals surface area contributed by atoms with Crippen LogP contribution in [0.25, 0.3) is 0 Å². The van der Waals surface area contributed by atoms with E-state index in [4.69, 9.17) is 0 Å². The minimum absolute atomic E-state index is 0.441. The Morgan fingerprint density at radius 1 is 1.22 bits per heavy atom. The number of benzene rings is 1. The summed E-state index contributed by atoms with van der Waals surface area (Å²) in [5, 5.41) is 11.1. The van der Waals surface area contributed by atoms with Crippen molar-refractivity contribution in [2.24, 2.45) is 11.8 Å². The topological polar surface area (TPSA) is 20.2 Å². The van der Waals surface area contributed by atoms with Gasteiger partial charge in [-0.05, 0) is 36.7 Å². The van der Waals surface area contributed by atoms with E-state index in [1.165, 1.54) is 19.3 Å². The fourth-order valence-corrected chi connectivity index (χ4v) is 3.25. The smallest absolute Gasteiger partial charge is 0.0924 e. The summed E-state index contributed by atoms with van der Waals surface area (Å²) in [5.74, 6) is 1.17. The van der Waals surface area contributed by atoms with Gasteiger partial charge in [-0.25, -0.2) is 0 Å². The minimum atomic E-state index is -0.575. The van der Waals surface area contributed by atoms with Crippen molar-refractivity contribution in [1.82, 2.24) is 0 Å². The zero-order valence-electron chi connectivity index (χ0n) is 11.7. The molecule has 2 unspecified atom stereocenters. The fraction of sp³-hybridized carbons (Fsp3) is 0.647. The van der Waals surface area contributed by atoms with Crippen LogP contribution in [0.3, 0.4) is 0 Å². The van der Waals surface area contributed by atoms with Crippen LogP contribution in [-0.2, 0) is 5.60 Å². The molecule has 0 bridgehead atoms. The first-order chi connectivity index (χ1) is 8.63. The molecule has 0 saturated heterocycles. The van der Waals surface area contributed by atoms with Gasteiger partial charge in [0.05, 0.1) is 5.60 Å². The van der Waals surface area contributed by atoms with Crippen LogP contribution in [0.4, 0.5) is 0 Å². The molecule has 0 aromatic heterocycles. The third-order valence-electron chi connectivity index (χ3n) is 4.40. The van der Waals surface area contributed by atoms with Gasteiger partial charge in [0, 0.05) is 0 Å². The lowest BCUT2D eigenvalue weighted by Crippen LogP contribution is -2.38. The Morgan fingerprint density at radius 2 is 1.94 bits per heavy atom. The first-order valence-electron chi connectivity index (χ1n) is 7.41. The van der Waals surface area contributed by atoms with Gasteiger partial charge in [-0.15, -0.1) is 0 Å². The SMILES string of the molecule is CC(C)CCC1CCCCC1(O)c1ccccc1. The third-order valence-corrected chi connectivity index (χ3v) is 4.40. The van der Waals surface area contributed by atoms with Crippen LogP contribution < -0.4 is 0 Å². The number of rotatable bonds is 4. The highest BCUT2D eigenvalue weighted by Gasteiger charge is 2.39. The fourth-order valence-electron chi connectivity index (χ4n) is 3.25. The van der Waals surface area contributed by atoms with E-state index in [0.29, 0.717) is 5.92 Å². The molecule has 1 aromatic rings. The summed E-state index contributed by atoms with van der Waals surface area (Å²) >= 11 is 0. The zero-order chi connectivity index (χ0) is 13.0. The largest absolute Gasteiger partial charge is 0.385 e. The van der Waals surface area contributed by atoms with Crippen molar-refractivity contribution in [3.8, 4) is 0 Å². The highest BCUT2D eigenvalue weighted by atomic mass is 16.3. The summed E-state index contributed by atoms with van der Waals surface area (Å²) in [6.45, 7) is 4.54. The summed E-state index contributed by atoms with van der Waals surface area (Å²) < 4.78 is 0. The van der Waals surface area contributed by atoms with E-state index >= 15 is 0 Å². The molecular formula is C17H26O. The first kappa shape index (κ1) is 13.6.